The largest absolute Gasteiger partial charge is 0.403 e. The average Bonchev–Trinajstić information content (AvgIpc) is 2.90. The standard InChI is InChI=1S/C12H14N4O.ClH/c1-2-4-10(5-3-1)11-14-15-12(17-11)16-8-6-13-7-9-16;/h1-5,13H,6-9H2;1H. The lowest BCUT2D eigenvalue weighted by molar-refractivity contribution is 0.505. The molecule has 1 aromatic carbocycles. The molecule has 0 aliphatic carbocycles. The molecule has 1 fully saturated rings. The third-order valence-corrected chi connectivity index (χ3v) is 2.82. The van der Waals surface area contributed by atoms with Crippen molar-refractivity contribution >= 4 is 18.4 Å². The lowest BCUT2D eigenvalue weighted by Crippen LogP contribution is -2.43. The van der Waals surface area contributed by atoms with E-state index in [9.17, 15) is 0 Å². The summed E-state index contributed by atoms with van der Waals surface area (Å²) < 4.78 is 5.69. The molecule has 6 heteroatoms. The Morgan fingerprint density at radius 1 is 1.06 bits per heavy atom. The van der Waals surface area contributed by atoms with Gasteiger partial charge in [-0.05, 0) is 12.1 Å². The number of anilines is 1. The minimum Gasteiger partial charge on any atom is -0.403 e. The SMILES string of the molecule is Cl.c1ccc(-c2nnc(N3CCNCC3)o2)cc1. The third kappa shape index (κ3) is 2.63. The molecular formula is C12H15ClN4O. The second kappa shape index (κ2) is 5.84. The van der Waals surface area contributed by atoms with Gasteiger partial charge in [-0.15, -0.1) is 17.5 Å². The van der Waals surface area contributed by atoms with E-state index in [1.54, 1.807) is 0 Å². The summed E-state index contributed by atoms with van der Waals surface area (Å²) in [5.74, 6) is 0.583. The Labute approximate surface area is 112 Å². The summed E-state index contributed by atoms with van der Waals surface area (Å²) in [6, 6.07) is 10.4. The number of piperazine rings is 1. The Bertz CT molecular complexity index is 482. The van der Waals surface area contributed by atoms with E-state index in [2.05, 4.69) is 20.4 Å². The van der Waals surface area contributed by atoms with E-state index < -0.39 is 0 Å². The molecule has 2 aromatic rings. The first-order valence-corrected chi connectivity index (χ1v) is 5.78. The molecule has 0 unspecified atom stereocenters. The van der Waals surface area contributed by atoms with Gasteiger partial charge in [-0.2, -0.15) is 0 Å². The molecule has 0 saturated carbocycles. The number of benzene rings is 1. The van der Waals surface area contributed by atoms with Crippen LogP contribution in [0.25, 0.3) is 11.5 Å². The summed E-state index contributed by atoms with van der Waals surface area (Å²) in [4.78, 5) is 2.11. The number of rotatable bonds is 2. The molecule has 1 aliphatic heterocycles. The first-order chi connectivity index (χ1) is 8.43. The molecule has 0 radical (unpaired) electrons. The summed E-state index contributed by atoms with van der Waals surface area (Å²) in [5.41, 5.74) is 0.960. The fourth-order valence-corrected chi connectivity index (χ4v) is 1.90. The van der Waals surface area contributed by atoms with Crippen LogP contribution in [0.4, 0.5) is 6.01 Å². The van der Waals surface area contributed by atoms with Gasteiger partial charge in [0.15, 0.2) is 0 Å². The first-order valence-electron chi connectivity index (χ1n) is 5.78. The van der Waals surface area contributed by atoms with Crippen LogP contribution in [-0.4, -0.2) is 36.4 Å². The van der Waals surface area contributed by atoms with Crippen LogP contribution in [-0.2, 0) is 0 Å². The highest BCUT2D eigenvalue weighted by Crippen LogP contribution is 2.21. The third-order valence-electron chi connectivity index (χ3n) is 2.82. The second-order valence-corrected chi connectivity index (χ2v) is 3.99. The fraction of sp³-hybridized carbons (Fsp3) is 0.333. The van der Waals surface area contributed by atoms with E-state index in [4.69, 9.17) is 4.42 Å². The van der Waals surface area contributed by atoms with E-state index in [1.807, 2.05) is 30.3 Å². The molecule has 0 bridgehead atoms. The highest BCUT2D eigenvalue weighted by molar-refractivity contribution is 5.85. The predicted octanol–water partition coefficient (Wildman–Crippen LogP) is 1.57. The van der Waals surface area contributed by atoms with Gasteiger partial charge in [-0.3, -0.25) is 0 Å². The van der Waals surface area contributed by atoms with Crippen LogP contribution in [0, 0.1) is 0 Å². The maximum Gasteiger partial charge on any atom is 0.318 e. The van der Waals surface area contributed by atoms with Crippen molar-refractivity contribution in [2.75, 3.05) is 31.1 Å². The minimum absolute atomic E-state index is 0. The molecule has 0 atom stereocenters. The molecule has 96 valence electrons. The maximum absolute atomic E-state index is 5.69. The van der Waals surface area contributed by atoms with Gasteiger partial charge in [-0.25, -0.2) is 0 Å². The number of halogens is 1. The van der Waals surface area contributed by atoms with Crippen molar-refractivity contribution in [2.45, 2.75) is 0 Å². The quantitative estimate of drug-likeness (QED) is 0.894. The molecule has 18 heavy (non-hydrogen) atoms. The van der Waals surface area contributed by atoms with Gasteiger partial charge in [0.2, 0.25) is 5.89 Å². The molecule has 0 spiro atoms. The van der Waals surface area contributed by atoms with Gasteiger partial charge in [0.05, 0.1) is 0 Å². The maximum atomic E-state index is 5.69. The van der Waals surface area contributed by atoms with E-state index in [-0.39, 0.29) is 12.4 Å². The average molecular weight is 267 g/mol. The van der Waals surface area contributed by atoms with Gasteiger partial charge in [-0.1, -0.05) is 23.3 Å². The summed E-state index contributed by atoms with van der Waals surface area (Å²) in [6.07, 6.45) is 0. The van der Waals surface area contributed by atoms with Gasteiger partial charge in [0.1, 0.15) is 0 Å². The summed E-state index contributed by atoms with van der Waals surface area (Å²) in [5, 5.41) is 11.5. The van der Waals surface area contributed by atoms with Crippen LogP contribution in [0.1, 0.15) is 0 Å². The number of hydrogen-bond donors (Lipinski definition) is 1. The number of nitrogens with zero attached hydrogens (tertiary/aromatic N) is 3. The molecule has 1 saturated heterocycles. The lowest BCUT2D eigenvalue weighted by atomic mass is 10.2. The lowest BCUT2D eigenvalue weighted by Gasteiger charge is -2.24. The van der Waals surface area contributed by atoms with Crippen LogP contribution in [0.3, 0.4) is 0 Å². The van der Waals surface area contributed by atoms with Crippen molar-refractivity contribution in [3.8, 4) is 11.5 Å². The number of hydrogen-bond acceptors (Lipinski definition) is 5. The molecule has 1 aromatic heterocycles. The molecule has 0 amide bonds. The summed E-state index contributed by atoms with van der Waals surface area (Å²) >= 11 is 0. The number of aromatic nitrogens is 2. The van der Waals surface area contributed by atoms with E-state index >= 15 is 0 Å². The second-order valence-electron chi connectivity index (χ2n) is 3.99. The Balaban J connectivity index is 0.00000120. The Morgan fingerprint density at radius 3 is 2.50 bits per heavy atom. The van der Waals surface area contributed by atoms with Gasteiger partial charge < -0.3 is 14.6 Å². The Kier molecular flexibility index (Phi) is 4.17. The molecule has 3 rings (SSSR count). The van der Waals surface area contributed by atoms with E-state index in [0.29, 0.717) is 11.9 Å². The van der Waals surface area contributed by atoms with Gasteiger partial charge in [0, 0.05) is 31.7 Å². The highest BCUT2D eigenvalue weighted by atomic mass is 35.5. The zero-order valence-electron chi connectivity index (χ0n) is 9.87. The van der Waals surface area contributed by atoms with Crippen molar-refractivity contribution in [1.29, 1.82) is 0 Å². The fourth-order valence-electron chi connectivity index (χ4n) is 1.90. The van der Waals surface area contributed by atoms with Crippen LogP contribution in [0.15, 0.2) is 34.7 Å². The van der Waals surface area contributed by atoms with E-state index in [0.717, 1.165) is 31.7 Å². The van der Waals surface area contributed by atoms with Crippen LogP contribution >= 0.6 is 12.4 Å². The molecular weight excluding hydrogens is 252 g/mol. The summed E-state index contributed by atoms with van der Waals surface area (Å²) in [6.45, 7) is 3.75. The molecule has 1 N–H and O–H groups in total. The van der Waals surface area contributed by atoms with Crippen LogP contribution < -0.4 is 10.2 Å². The zero-order chi connectivity index (χ0) is 11.5. The monoisotopic (exact) mass is 266 g/mol. The van der Waals surface area contributed by atoms with Crippen molar-refractivity contribution < 1.29 is 4.42 Å². The number of nitrogens with one attached hydrogen (secondary N) is 1. The summed E-state index contributed by atoms with van der Waals surface area (Å²) in [7, 11) is 0. The smallest absolute Gasteiger partial charge is 0.318 e. The van der Waals surface area contributed by atoms with Crippen LogP contribution in [0.5, 0.6) is 0 Å². The van der Waals surface area contributed by atoms with Crippen LogP contribution in [0.2, 0.25) is 0 Å². The molecule has 1 aliphatic rings. The van der Waals surface area contributed by atoms with Crippen molar-refractivity contribution in [2.24, 2.45) is 0 Å². The molecule has 2 heterocycles. The van der Waals surface area contributed by atoms with E-state index in [1.165, 1.54) is 0 Å². The van der Waals surface area contributed by atoms with Crippen molar-refractivity contribution in [3.63, 3.8) is 0 Å². The van der Waals surface area contributed by atoms with Gasteiger partial charge >= 0.3 is 6.01 Å². The van der Waals surface area contributed by atoms with Crippen molar-refractivity contribution in [1.82, 2.24) is 15.5 Å². The van der Waals surface area contributed by atoms with Gasteiger partial charge in [0.25, 0.3) is 0 Å². The topological polar surface area (TPSA) is 54.2 Å². The zero-order valence-corrected chi connectivity index (χ0v) is 10.7. The minimum atomic E-state index is 0. The first kappa shape index (κ1) is 12.9. The Hall–Kier alpha value is -1.59. The highest BCUT2D eigenvalue weighted by Gasteiger charge is 2.17. The normalized spacial score (nSPS) is 15.2. The molecule has 5 nitrogen and oxygen atoms in total. The Morgan fingerprint density at radius 2 is 1.78 bits per heavy atom. The predicted molar refractivity (Wildman–Crippen MR) is 72.1 cm³/mol. The van der Waals surface area contributed by atoms with Crippen molar-refractivity contribution in [3.05, 3.63) is 30.3 Å².